The molecule has 10 nitrogen and oxygen atoms in total. The third kappa shape index (κ3) is 7.97. The topological polar surface area (TPSA) is 131 Å². The van der Waals surface area contributed by atoms with Crippen LogP contribution in [-0.4, -0.2) is 44.0 Å². The first kappa shape index (κ1) is 24.7. The maximum absolute atomic E-state index is 12.0. The van der Waals surface area contributed by atoms with E-state index < -0.39 is 16.3 Å². The van der Waals surface area contributed by atoms with E-state index in [9.17, 15) is 13.2 Å². The third-order valence-corrected chi connectivity index (χ3v) is 4.01. The van der Waals surface area contributed by atoms with E-state index in [1.54, 1.807) is 6.07 Å². The first-order valence-electron chi connectivity index (χ1n) is 7.17. The summed E-state index contributed by atoms with van der Waals surface area (Å²) in [5.41, 5.74) is 0. The molecule has 0 bridgehead atoms. The van der Waals surface area contributed by atoms with Crippen molar-refractivity contribution >= 4 is 49.8 Å². The Morgan fingerprint density at radius 2 is 1.96 bits per heavy atom. The molecular weight excluding hydrogens is 491 g/mol. The zero-order valence-corrected chi connectivity index (χ0v) is 19.9. The Hall–Kier alpha value is -1.31. The van der Waals surface area contributed by atoms with Crippen molar-refractivity contribution in [1.29, 1.82) is 0 Å². The molecule has 0 aliphatic heterocycles. The summed E-state index contributed by atoms with van der Waals surface area (Å²) < 4.78 is 42.3. The number of aromatic nitrogens is 2. The van der Waals surface area contributed by atoms with Gasteiger partial charge in [-0.3, -0.25) is 9.52 Å². The van der Waals surface area contributed by atoms with E-state index in [1.807, 2.05) is 0 Å². The molecule has 0 aliphatic rings. The molecule has 0 atom stereocenters. The quantitative estimate of drug-likeness (QED) is 0.305. The SMILES string of the molecule is COc1cc(Br)nc(NC(=O)[N-]S(=O)(=O)Oc2ccccc2OCCCl)n1.[Na+]. The molecule has 28 heavy (non-hydrogen) atoms. The Morgan fingerprint density at radius 1 is 1.29 bits per heavy atom. The zero-order chi connectivity index (χ0) is 19.9. The van der Waals surface area contributed by atoms with Gasteiger partial charge >= 0.3 is 39.9 Å². The van der Waals surface area contributed by atoms with E-state index in [4.69, 9.17) is 25.3 Å². The number of rotatable bonds is 8. The van der Waals surface area contributed by atoms with Crippen molar-refractivity contribution in [2.24, 2.45) is 0 Å². The molecule has 0 aliphatic carbocycles. The average molecular weight is 504 g/mol. The second-order valence-electron chi connectivity index (χ2n) is 4.57. The van der Waals surface area contributed by atoms with E-state index in [2.05, 4.69) is 35.9 Å². The van der Waals surface area contributed by atoms with Gasteiger partial charge in [-0.05, 0) is 28.1 Å². The first-order chi connectivity index (χ1) is 12.8. The molecule has 1 N–H and O–H groups in total. The number of methoxy groups -OCH3 is 1. The fourth-order valence-electron chi connectivity index (χ4n) is 1.70. The minimum atomic E-state index is -4.63. The fraction of sp³-hybridized carbons (Fsp3) is 0.214. The van der Waals surface area contributed by atoms with Crippen molar-refractivity contribution < 1.29 is 56.4 Å². The molecule has 0 unspecified atom stereocenters. The number of carbonyl (C=O) groups is 1. The molecular formula is C14H13BrClN4NaO6S. The van der Waals surface area contributed by atoms with Gasteiger partial charge in [-0.15, -0.1) is 11.6 Å². The Bertz CT molecular complexity index is 920. The van der Waals surface area contributed by atoms with Crippen LogP contribution in [0.2, 0.25) is 0 Å². The summed E-state index contributed by atoms with van der Waals surface area (Å²) in [4.78, 5) is 19.5. The van der Waals surface area contributed by atoms with Crippen LogP contribution in [0, 0.1) is 0 Å². The minimum Gasteiger partial charge on any atom is -0.488 e. The van der Waals surface area contributed by atoms with Gasteiger partial charge in [0.1, 0.15) is 17.2 Å². The molecule has 0 fully saturated rings. The van der Waals surface area contributed by atoms with Gasteiger partial charge in [0, 0.05) is 6.07 Å². The van der Waals surface area contributed by atoms with Crippen LogP contribution in [0.1, 0.15) is 0 Å². The molecule has 2 aromatic rings. The third-order valence-electron chi connectivity index (χ3n) is 2.67. The number of benzene rings is 1. The Labute approximate surface area is 197 Å². The van der Waals surface area contributed by atoms with Crippen LogP contribution in [0.3, 0.4) is 0 Å². The molecule has 2 amide bonds. The van der Waals surface area contributed by atoms with Gasteiger partial charge in [-0.25, -0.2) is 4.98 Å². The van der Waals surface area contributed by atoms with E-state index in [-0.39, 0.29) is 65.4 Å². The van der Waals surface area contributed by atoms with E-state index in [1.165, 1.54) is 31.4 Å². The number of hydrogen-bond acceptors (Lipinski definition) is 8. The van der Waals surface area contributed by atoms with Crippen molar-refractivity contribution in [3.63, 3.8) is 0 Å². The smallest absolute Gasteiger partial charge is 0.488 e. The summed E-state index contributed by atoms with van der Waals surface area (Å²) in [6.07, 6.45) is 0. The fourth-order valence-corrected chi connectivity index (χ4v) is 2.79. The summed E-state index contributed by atoms with van der Waals surface area (Å²) in [6.45, 7) is 0.141. The number of ether oxygens (including phenoxy) is 2. The van der Waals surface area contributed by atoms with Gasteiger partial charge in [-0.1, -0.05) is 12.1 Å². The predicted molar refractivity (Wildman–Crippen MR) is 101 cm³/mol. The maximum Gasteiger partial charge on any atom is 1.00 e. The number of nitrogens with one attached hydrogen (secondary N) is 1. The molecule has 0 spiro atoms. The summed E-state index contributed by atoms with van der Waals surface area (Å²) >= 11 is 8.63. The molecule has 1 aromatic carbocycles. The maximum atomic E-state index is 12.0. The second kappa shape index (κ2) is 11.6. The normalized spacial score (nSPS) is 10.4. The van der Waals surface area contributed by atoms with E-state index >= 15 is 0 Å². The van der Waals surface area contributed by atoms with Crippen LogP contribution in [-0.2, 0) is 10.3 Å². The van der Waals surface area contributed by atoms with Gasteiger partial charge < -0.3 is 19.0 Å². The van der Waals surface area contributed by atoms with Crippen LogP contribution in [0.25, 0.3) is 4.72 Å². The van der Waals surface area contributed by atoms with Crippen LogP contribution in [0.15, 0.2) is 34.9 Å². The number of nitrogens with zero attached hydrogens (tertiary/aromatic N) is 3. The number of anilines is 1. The predicted octanol–water partition coefficient (Wildman–Crippen LogP) is 0.0987. The van der Waals surface area contributed by atoms with Gasteiger partial charge in [0.2, 0.25) is 5.88 Å². The average Bonchev–Trinajstić information content (AvgIpc) is 2.59. The summed E-state index contributed by atoms with van der Waals surface area (Å²) in [7, 11) is -3.26. The van der Waals surface area contributed by atoms with Crippen molar-refractivity contribution in [3.8, 4) is 17.4 Å². The van der Waals surface area contributed by atoms with Crippen molar-refractivity contribution in [2.45, 2.75) is 0 Å². The van der Waals surface area contributed by atoms with Crippen molar-refractivity contribution in [3.05, 3.63) is 39.7 Å². The molecule has 2 rings (SSSR count). The van der Waals surface area contributed by atoms with Gasteiger partial charge in [0.25, 0.3) is 0 Å². The minimum absolute atomic E-state index is 0. The largest absolute Gasteiger partial charge is 1.00 e. The summed E-state index contributed by atoms with van der Waals surface area (Å²) in [5.74, 6) is 0.133. The van der Waals surface area contributed by atoms with Gasteiger partial charge in [-0.2, -0.15) is 13.4 Å². The number of para-hydroxylation sites is 2. The molecule has 0 saturated carbocycles. The number of carbonyl (C=O) groups excluding carboxylic acids is 1. The Morgan fingerprint density at radius 3 is 2.61 bits per heavy atom. The van der Waals surface area contributed by atoms with Crippen LogP contribution in [0.4, 0.5) is 10.7 Å². The Balaban J connectivity index is 0.00000392. The number of alkyl halides is 1. The molecule has 0 saturated heterocycles. The molecule has 1 heterocycles. The first-order valence-corrected chi connectivity index (χ1v) is 9.87. The number of halogens is 2. The summed E-state index contributed by atoms with van der Waals surface area (Å²) in [6, 6.07) is 6.17. The monoisotopic (exact) mass is 502 g/mol. The van der Waals surface area contributed by atoms with Crippen molar-refractivity contribution in [1.82, 2.24) is 9.97 Å². The van der Waals surface area contributed by atoms with Crippen LogP contribution >= 0.6 is 27.5 Å². The number of amides is 2. The van der Waals surface area contributed by atoms with E-state index in [0.29, 0.717) is 4.60 Å². The molecule has 146 valence electrons. The van der Waals surface area contributed by atoms with E-state index in [0.717, 1.165) is 0 Å². The van der Waals surface area contributed by atoms with Crippen LogP contribution < -0.4 is 48.5 Å². The standard InChI is InChI=1S/C14H14BrClN4O6S.Na/c1-24-12-8-11(15)17-13(18-12)19-14(21)20-27(22,23)26-10-5-3-2-4-9(10)25-7-6-16;/h2-5,8H,6-7H2,1H3,(H2,17,18,19,20,21);/q;+1/p-1. The second-order valence-corrected chi connectivity index (χ2v) is 6.97. The van der Waals surface area contributed by atoms with Gasteiger partial charge in [0.05, 0.1) is 13.0 Å². The zero-order valence-electron chi connectivity index (χ0n) is 14.8. The number of urea groups is 1. The molecule has 0 radical (unpaired) electrons. The summed E-state index contributed by atoms with van der Waals surface area (Å²) in [5, 5.41) is 2.10. The molecule has 1 aromatic heterocycles. The Kier molecular flexibility index (Phi) is 10.3. The molecule has 14 heteroatoms. The van der Waals surface area contributed by atoms with Crippen LogP contribution in [0.5, 0.6) is 17.4 Å². The number of hydrogen-bond donors (Lipinski definition) is 1. The van der Waals surface area contributed by atoms with Gasteiger partial charge in [0.15, 0.2) is 17.5 Å². The van der Waals surface area contributed by atoms with Crippen molar-refractivity contribution in [2.75, 3.05) is 24.9 Å².